The Morgan fingerprint density at radius 1 is 0.519 bits per heavy atom. The highest BCUT2D eigenvalue weighted by molar-refractivity contribution is 6.13. The molecule has 0 spiro atoms. The van der Waals surface area contributed by atoms with Gasteiger partial charge >= 0.3 is 0 Å². The minimum atomic E-state index is 0.424. The van der Waals surface area contributed by atoms with Gasteiger partial charge in [-0.1, -0.05) is 166 Å². The number of rotatable bonds is 8. The zero-order valence-electron chi connectivity index (χ0n) is 30.5. The molecule has 0 aliphatic carbocycles. The largest absolute Gasteiger partial charge is 0.261 e. The van der Waals surface area contributed by atoms with E-state index in [1.54, 1.807) is 0 Å². The minimum absolute atomic E-state index is 0.424. The highest BCUT2D eigenvalue weighted by Gasteiger charge is 2.13. The third-order valence-corrected chi connectivity index (χ3v) is 9.82. The molecule has 0 radical (unpaired) electrons. The lowest BCUT2D eigenvalue weighted by Gasteiger charge is -2.13. The van der Waals surface area contributed by atoms with Crippen LogP contribution in [0.5, 0.6) is 0 Å². The van der Waals surface area contributed by atoms with E-state index in [1.165, 1.54) is 21.9 Å². The van der Waals surface area contributed by atoms with E-state index >= 15 is 0 Å². The average Bonchev–Trinajstić information content (AvgIpc) is 3.24. The number of hydrogen-bond acceptors (Lipinski definition) is 2. The van der Waals surface area contributed by atoms with E-state index in [-0.39, 0.29) is 0 Å². The van der Waals surface area contributed by atoms with Crippen LogP contribution in [0.3, 0.4) is 0 Å². The van der Waals surface area contributed by atoms with Gasteiger partial charge in [0.05, 0.1) is 17.8 Å². The number of benzene rings is 7. The number of pyridine rings is 1. The molecule has 8 rings (SSSR count). The van der Waals surface area contributed by atoms with Crippen molar-refractivity contribution in [3.05, 3.63) is 198 Å². The molecule has 4 nitrogen and oxygen atoms in total. The number of aromatic nitrogens is 1. The van der Waals surface area contributed by atoms with E-state index < -0.39 is 0 Å². The SMILES string of the molecule is C=NC(=NC(=NCc1cc(-c2ccc(-c3nc4ccccc4c4ccccc34)cc2)cc(-c2cccc(C(C)C)c2)c1)c1ccccc1)c1ccccc1. The molecule has 1 heterocycles. The Bertz CT molecular complexity index is 2660. The van der Waals surface area contributed by atoms with Crippen molar-refractivity contribution >= 4 is 40.1 Å². The maximum Gasteiger partial charge on any atom is 0.161 e. The lowest BCUT2D eigenvalue weighted by molar-refractivity contribution is 0.867. The number of nitrogens with zero attached hydrogens (tertiary/aromatic N) is 4. The van der Waals surface area contributed by atoms with Crippen molar-refractivity contribution in [2.24, 2.45) is 15.0 Å². The number of hydrogen-bond donors (Lipinski definition) is 0. The summed E-state index contributed by atoms with van der Waals surface area (Å²) in [7, 11) is 0. The lowest BCUT2D eigenvalue weighted by atomic mass is 9.93. The first-order valence-corrected chi connectivity index (χ1v) is 18.4. The van der Waals surface area contributed by atoms with Crippen LogP contribution in [0.2, 0.25) is 0 Å². The molecule has 0 amide bonds. The highest BCUT2D eigenvalue weighted by atomic mass is 15.0. The first-order valence-electron chi connectivity index (χ1n) is 18.4. The van der Waals surface area contributed by atoms with Crippen LogP contribution < -0.4 is 0 Å². The Morgan fingerprint density at radius 2 is 1.11 bits per heavy atom. The van der Waals surface area contributed by atoms with Gasteiger partial charge in [0, 0.05) is 27.5 Å². The number of fused-ring (bicyclic) bond motifs is 3. The van der Waals surface area contributed by atoms with Crippen LogP contribution >= 0.6 is 0 Å². The first-order chi connectivity index (χ1) is 26.5. The molecule has 0 atom stereocenters. The normalized spacial score (nSPS) is 12.1. The van der Waals surface area contributed by atoms with E-state index in [0.29, 0.717) is 24.1 Å². The molecule has 7 aromatic carbocycles. The third-order valence-electron chi connectivity index (χ3n) is 9.82. The Balaban J connectivity index is 1.22. The van der Waals surface area contributed by atoms with Crippen molar-refractivity contribution < 1.29 is 0 Å². The molecule has 260 valence electrons. The zero-order valence-corrected chi connectivity index (χ0v) is 30.5. The number of para-hydroxylation sites is 1. The van der Waals surface area contributed by atoms with Gasteiger partial charge in [-0.25, -0.2) is 15.0 Å². The van der Waals surface area contributed by atoms with Gasteiger partial charge in [0.25, 0.3) is 0 Å². The number of amidine groups is 2. The summed E-state index contributed by atoms with van der Waals surface area (Å²) in [5.74, 6) is 1.56. The molecule has 0 fully saturated rings. The molecule has 0 saturated carbocycles. The monoisotopic (exact) mass is 696 g/mol. The second-order valence-corrected chi connectivity index (χ2v) is 13.8. The summed E-state index contributed by atoms with van der Waals surface area (Å²) in [4.78, 5) is 19.5. The van der Waals surface area contributed by atoms with Crippen LogP contribution in [0.1, 0.15) is 42.0 Å². The summed E-state index contributed by atoms with van der Waals surface area (Å²) in [5, 5.41) is 3.53. The molecule has 1 aromatic heterocycles. The van der Waals surface area contributed by atoms with Crippen molar-refractivity contribution in [3.63, 3.8) is 0 Å². The predicted molar refractivity (Wildman–Crippen MR) is 229 cm³/mol. The summed E-state index contributed by atoms with van der Waals surface area (Å²) in [6.45, 7) is 8.73. The van der Waals surface area contributed by atoms with E-state index in [1.807, 2.05) is 60.7 Å². The summed E-state index contributed by atoms with van der Waals surface area (Å²) in [5.41, 5.74) is 11.8. The van der Waals surface area contributed by atoms with Crippen LogP contribution in [0.15, 0.2) is 191 Å². The third kappa shape index (κ3) is 7.28. The summed E-state index contributed by atoms with van der Waals surface area (Å²) < 4.78 is 0. The van der Waals surface area contributed by atoms with Crippen LogP contribution in [-0.4, -0.2) is 23.4 Å². The molecule has 0 aliphatic heterocycles. The first kappa shape index (κ1) is 34.3. The second kappa shape index (κ2) is 15.4. The van der Waals surface area contributed by atoms with Gasteiger partial charge in [-0.2, -0.15) is 0 Å². The van der Waals surface area contributed by atoms with Crippen molar-refractivity contribution in [1.29, 1.82) is 0 Å². The van der Waals surface area contributed by atoms with Crippen molar-refractivity contribution in [3.8, 4) is 33.5 Å². The molecule has 4 heteroatoms. The van der Waals surface area contributed by atoms with Crippen LogP contribution in [0, 0.1) is 0 Å². The van der Waals surface area contributed by atoms with E-state index in [2.05, 4.69) is 141 Å². The van der Waals surface area contributed by atoms with Gasteiger partial charge in [-0.05, 0) is 75.7 Å². The molecule has 54 heavy (non-hydrogen) atoms. The van der Waals surface area contributed by atoms with Crippen molar-refractivity contribution in [2.75, 3.05) is 0 Å². The fourth-order valence-corrected chi connectivity index (χ4v) is 6.96. The van der Waals surface area contributed by atoms with Crippen LogP contribution in [0.4, 0.5) is 0 Å². The summed E-state index contributed by atoms with van der Waals surface area (Å²) >= 11 is 0. The van der Waals surface area contributed by atoms with Crippen molar-refractivity contribution in [2.45, 2.75) is 26.3 Å². The van der Waals surface area contributed by atoms with Crippen LogP contribution in [-0.2, 0) is 6.54 Å². The molecule has 0 N–H and O–H groups in total. The zero-order chi connectivity index (χ0) is 36.9. The molecule has 0 aliphatic rings. The fraction of sp³-hybridized carbons (Fsp3) is 0.0800. The molecule has 0 unspecified atom stereocenters. The van der Waals surface area contributed by atoms with Gasteiger partial charge in [0.1, 0.15) is 0 Å². The molecule has 0 bridgehead atoms. The van der Waals surface area contributed by atoms with E-state index in [9.17, 15) is 0 Å². The van der Waals surface area contributed by atoms with Gasteiger partial charge in [0.2, 0.25) is 0 Å². The topological polar surface area (TPSA) is 50.0 Å². The van der Waals surface area contributed by atoms with Crippen LogP contribution in [0.25, 0.3) is 55.2 Å². The molecular weight excluding hydrogens is 657 g/mol. The Hall–Kier alpha value is -6.78. The van der Waals surface area contributed by atoms with Crippen molar-refractivity contribution in [1.82, 2.24) is 4.98 Å². The summed E-state index contributed by atoms with van der Waals surface area (Å²) in [6, 6.07) is 61.3. The standard InChI is InChI=1S/C50H40N4/c1-34(2)40-19-14-20-41(31-40)43-30-35(33-52-50(39-17-8-5-9-18-39)54-49(51-3)38-15-6-4-7-16-38)29-42(32-43)36-25-27-37(28-26-36)48-46-23-11-10-21-44(46)45-22-12-13-24-47(45)53-48/h4-32,34H,3,33H2,1-2H3. The molecule has 8 aromatic rings. The highest BCUT2D eigenvalue weighted by Crippen LogP contribution is 2.35. The average molecular weight is 697 g/mol. The Kier molecular flexibility index (Phi) is 9.82. The number of aliphatic imine (C=N–C) groups is 3. The quantitative estimate of drug-likeness (QED) is 0.0886. The fourth-order valence-electron chi connectivity index (χ4n) is 6.96. The minimum Gasteiger partial charge on any atom is -0.261 e. The molecule has 0 saturated heterocycles. The maximum atomic E-state index is 5.14. The molecular formula is C50H40N4. The van der Waals surface area contributed by atoms with Gasteiger partial charge in [-0.3, -0.25) is 4.99 Å². The maximum absolute atomic E-state index is 5.14. The predicted octanol–water partition coefficient (Wildman–Crippen LogP) is 12.6. The second-order valence-electron chi connectivity index (χ2n) is 13.8. The van der Waals surface area contributed by atoms with E-state index in [4.69, 9.17) is 15.0 Å². The Morgan fingerprint density at radius 3 is 1.80 bits per heavy atom. The smallest absolute Gasteiger partial charge is 0.161 e. The summed E-state index contributed by atoms with van der Waals surface area (Å²) in [6.07, 6.45) is 0. The lowest BCUT2D eigenvalue weighted by Crippen LogP contribution is -2.05. The Labute approximate surface area is 317 Å². The van der Waals surface area contributed by atoms with E-state index in [0.717, 1.165) is 55.5 Å². The van der Waals surface area contributed by atoms with Gasteiger partial charge < -0.3 is 0 Å². The van der Waals surface area contributed by atoms with Gasteiger partial charge in [0.15, 0.2) is 11.7 Å². The van der Waals surface area contributed by atoms with Gasteiger partial charge in [-0.15, -0.1) is 0 Å².